The Morgan fingerprint density at radius 3 is 2.35 bits per heavy atom. The summed E-state index contributed by atoms with van der Waals surface area (Å²) in [4.78, 5) is 26.1. The van der Waals surface area contributed by atoms with Crippen LogP contribution in [0.3, 0.4) is 0 Å². The fourth-order valence-electron chi connectivity index (χ4n) is 3.71. The number of hydrogen-bond acceptors (Lipinski definition) is 5. The number of aromatic hydroxyl groups is 1. The molecule has 3 aromatic rings. The number of carbonyl (C=O) groups is 1. The molecule has 176 valence electrons. The van der Waals surface area contributed by atoms with Crippen LogP contribution in [0.15, 0.2) is 77.7 Å². The zero-order valence-electron chi connectivity index (χ0n) is 18.2. The molecule has 2 aromatic carbocycles. The molecule has 1 amide bonds. The van der Waals surface area contributed by atoms with Crippen molar-refractivity contribution < 1.29 is 23.4 Å². The molecule has 3 heterocycles. The number of rotatable bonds is 0. The van der Waals surface area contributed by atoms with Crippen LogP contribution in [-0.2, 0) is 6.54 Å². The highest BCUT2D eigenvalue weighted by Gasteiger charge is 2.32. The Balaban J connectivity index is 0.000000398. The third-order valence-electron chi connectivity index (χ3n) is 5.39. The monoisotopic (exact) mass is 467 g/mol. The molecule has 1 N–H and O–H groups in total. The second-order valence-electron chi connectivity index (χ2n) is 7.67. The number of nitrogens with zero attached hydrogens (tertiary/aromatic N) is 3. The third-order valence-corrected chi connectivity index (χ3v) is 5.39. The lowest BCUT2D eigenvalue weighted by atomic mass is 10.1. The van der Waals surface area contributed by atoms with Gasteiger partial charge in [0.1, 0.15) is 13.3 Å². The van der Waals surface area contributed by atoms with Crippen LogP contribution in [-0.4, -0.2) is 40.4 Å². The molecule has 9 heteroatoms. The summed E-state index contributed by atoms with van der Waals surface area (Å²) in [7, 11) is 0. The molecule has 1 aromatic heterocycles. The molecule has 2 aliphatic heterocycles. The van der Waals surface area contributed by atoms with Crippen LogP contribution in [0.1, 0.15) is 22.5 Å². The lowest BCUT2D eigenvalue weighted by Gasteiger charge is -2.39. The average Bonchev–Trinajstić information content (AvgIpc) is 2.85. The topological polar surface area (TPSA) is 75.0 Å². The molecular formula is C25H23F2N3O4. The number of hydrogen-bond donors (Lipinski definition) is 1. The number of aromatic nitrogens is 1. The first kappa shape index (κ1) is 23.0. The van der Waals surface area contributed by atoms with Gasteiger partial charge in [-0.15, -0.1) is 0 Å². The summed E-state index contributed by atoms with van der Waals surface area (Å²) in [5, 5.41) is 11.8. The third kappa shape index (κ3) is 4.78. The van der Waals surface area contributed by atoms with Crippen molar-refractivity contribution in [2.75, 3.05) is 24.8 Å². The number of benzene rings is 2. The van der Waals surface area contributed by atoms with E-state index in [4.69, 9.17) is 4.74 Å². The van der Waals surface area contributed by atoms with Gasteiger partial charge in [-0.05, 0) is 12.5 Å². The maximum absolute atomic E-state index is 14.3. The molecule has 5 rings (SSSR count). The summed E-state index contributed by atoms with van der Waals surface area (Å²) in [5.41, 5.74) is -0.463. The Bertz CT molecular complexity index is 1230. The number of fused-ring (bicyclic) bond motifs is 5. The van der Waals surface area contributed by atoms with Gasteiger partial charge in [0.2, 0.25) is 11.2 Å². The quantitative estimate of drug-likeness (QED) is 0.513. The summed E-state index contributed by atoms with van der Waals surface area (Å²) < 4.78 is 34.8. The van der Waals surface area contributed by atoms with Crippen LogP contribution in [0, 0.1) is 11.6 Å². The molecule has 0 atom stereocenters. The van der Waals surface area contributed by atoms with Crippen LogP contribution < -0.4 is 15.2 Å². The number of pyridine rings is 1. The molecule has 0 fully saturated rings. The highest BCUT2D eigenvalue weighted by molar-refractivity contribution is 5.96. The van der Waals surface area contributed by atoms with Crippen molar-refractivity contribution in [1.82, 2.24) is 9.58 Å². The maximum Gasteiger partial charge on any atom is 0.277 e. The Kier molecular flexibility index (Phi) is 6.91. The Morgan fingerprint density at radius 2 is 1.65 bits per heavy atom. The van der Waals surface area contributed by atoms with E-state index in [9.17, 15) is 23.5 Å². The SMILES string of the molecule is O=C1c2c(O)c(=O)ccn2N2Cc3ccc(F)c(F)c3OC/C=C/CCN1C2.c1ccccc1. The molecule has 7 nitrogen and oxygen atoms in total. The fourth-order valence-corrected chi connectivity index (χ4v) is 3.71. The van der Waals surface area contributed by atoms with Crippen molar-refractivity contribution in [2.45, 2.75) is 13.0 Å². The van der Waals surface area contributed by atoms with Crippen molar-refractivity contribution in [3.8, 4) is 11.5 Å². The molecule has 0 spiro atoms. The van der Waals surface area contributed by atoms with Crippen LogP contribution in [0.5, 0.6) is 11.5 Å². The van der Waals surface area contributed by atoms with E-state index in [0.29, 0.717) is 18.5 Å². The van der Waals surface area contributed by atoms with Crippen molar-refractivity contribution in [3.05, 3.63) is 106 Å². The van der Waals surface area contributed by atoms with Gasteiger partial charge in [0, 0.05) is 24.4 Å². The Morgan fingerprint density at radius 1 is 0.941 bits per heavy atom. The lowest BCUT2D eigenvalue weighted by molar-refractivity contribution is 0.0688. The minimum atomic E-state index is -1.09. The Labute approximate surface area is 194 Å². The summed E-state index contributed by atoms with van der Waals surface area (Å²) in [6.45, 7) is 0.625. The molecule has 34 heavy (non-hydrogen) atoms. The minimum absolute atomic E-state index is 0.0609. The number of carbonyl (C=O) groups excluding carboxylic acids is 1. The molecular weight excluding hydrogens is 444 g/mol. The molecule has 0 saturated carbocycles. The maximum atomic E-state index is 14.3. The van der Waals surface area contributed by atoms with Gasteiger partial charge in [0.05, 0.1) is 6.54 Å². The van der Waals surface area contributed by atoms with Crippen LogP contribution in [0.4, 0.5) is 8.78 Å². The van der Waals surface area contributed by atoms with E-state index in [0.717, 1.165) is 12.1 Å². The number of halogens is 2. The van der Waals surface area contributed by atoms with Gasteiger partial charge in [-0.25, -0.2) is 4.39 Å². The minimum Gasteiger partial charge on any atom is -0.502 e. The summed E-state index contributed by atoms with van der Waals surface area (Å²) in [5.74, 6) is -3.44. The first-order valence-electron chi connectivity index (χ1n) is 10.7. The van der Waals surface area contributed by atoms with E-state index in [1.165, 1.54) is 21.8 Å². The van der Waals surface area contributed by atoms with Crippen molar-refractivity contribution in [3.63, 3.8) is 0 Å². The van der Waals surface area contributed by atoms with Crippen molar-refractivity contribution in [1.29, 1.82) is 0 Å². The fraction of sp³-hybridized carbons (Fsp3) is 0.200. The van der Waals surface area contributed by atoms with Gasteiger partial charge in [-0.1, -0.05) is 54.6 Å². The lowest BCUT2D eigenvalue weighted by Crippen LogP contribution is -2.53. The number of ether oxygens (including phenoxy) is 1. The molecule has 2 aliphatic rings. The zero-order valence-corrected chi connectivity index (χ0v) is 18.2. The largest absolute Gasteiger partial charge is 0.502 e. The molecule has 0 aliphatic carbocycles. The summed E-state index contributed by atoms with van der Waals surface area (Å²) in [6.07, 6.45) is 5.30. The molecule has 0 unspecified atom stereocenters. The van der Waals surface area contributed by atoms with Crippen molar-refractivity contribution in [2.24, 2.45) is 0 Å². The highest BCUT2D eigenvalue weighted by atomic mass is 19.2. The summed E-state index contributed by atoms with van der Waals surface area (Å²) >= 11 is 0. The van der Waals surface area contributed by atoms with Gasteiger partial charge in [0.15, 0.2) is 23.0 Å². The van der Waals surface area contributed by atoms with E-state index in [1.54, 1.807) is 17.2 Å². The van der Waals surface area contributed by atoms with E-state index < -0.39 is 28.7 Å². The van der Waals surface area contributed by atoms with Gasteiger partial charge in [-0.3, -0.25) is 19.3 Å². The molecule has 0 saturated heterocycles. The van der Waals surface area contributed by atoms with Crippen LogP contribution in [0.2, 0.25) is 0 Å². The smallest absolute Gasteiger partial charge is 0.277 e. The highest BCUT2D eigenvalue weighted by Crippen LogP contribution is 2.28. The van der Waals surface area contributed by atoms with E-state index >= 15 is 0 Å². The second-order valence-corrected chi connectivity index (χ2v) is 7.67. The van der Waals surface area contributed by atoms with Gasteiger partial charge < -0.3 is 14.7 Å². The van der Waals surface area contributed by atoms with Crippen LogP contribution in [0.25, 0.3) is 0 Å². The van der Waals surface area contributed by atoms with Gasteiger partial charge in [-0.2, -0.15) is 4.39 Å². The normalized spacial score (nSPS) is 16.0. The van der Waals surface area contributed by atoms with E-state index in [2.05, 4.69) is 0 Å². The molecule has 0 radical (unpaired) electrons. The van der Waals surface area contributed by atoms with Gasteiger partial charge >= 0.3 is 0 Å². The van der Waals surface area contributed by atoms with E-state index in [-0.39, 0.29) is 31.3 Å². The Hall–Kier alpha value is -4.14. The first-order valence-corrected chi connectivity index (χ1v) is 10.7. The van der Waals surface area contributed by atoms with Crippen LogP contribution >= 0.6 is 0 Å². The standard InChI is InChI=1S/C19H17F2N3O4.C6H6/c20-13-5-4-12-10-23-11-22(7-2-1-3-9-28-18(12)15(13)21)19(27)16-17(26)14(25)6-8-24(16)23;1-2-4-6-5-3-1/h1,3-6,8,26H,2,7,9-11H2;1-6H/b3-1+;. The van der Waals surface area contributed by atoms with Crippen molar-refractivity contribution >= 4 is 5.91 Å². The predicted molar refractivity (Wildman–Crippen MR) is 122 cm³/mol. The first-order chi connectivity index (χ1) is 16.5. The number of amides is 1. The zero-order chi connectivity index (χ0) is 24.1. The average molecular weight is 467 g/mol. The second kappa shape index (κ2) is 10.2. The van der Waals surface area contributed by atoms with E-state index in [1.807, 2.05) is 36.4 Å². The molecule has 2 bridgehead atoms. The predicted octanol–water partition coefficient (Wildman–Crippen LogP) is 3.41. The summed E-state index contributed by atoms with van der Waals surface area (Å²) in [6, 6.07) is 15.6. The van der Waals surface area contributed by atoms with Gasteiger partial charge in [0.25, 0.3) is 5.91 Å².